The van der Waals surface area contributed by atoms with Crippen LogP contribution in [0.2, 0.25) is 0 Å². The molecule has 0 radical (unpaired) electrons. The summed E-state index contributed by atoms with van der Waals surface area (Å²) in [5.41, 5.74) is 6.14. The van der Waals surface area contributed by atoms with Crippen LogP contribution in [0.5, 0.6) is 28.7 Å². The molecule has 0 amide bonds. The standard InChI is InChI=1S/C41H32O9/c1-24(42)46-34-12-5-28(6-13-34)38-21-30-9-16-36(48-26(3)44)20-33(30)19-31(38)11-18-40-39(29-7-14-35(15-8-29)47-25(2)43)22-32-10-17-37(49-27(4)45)23-41(32)50-40/h5-10,12-17,20-23,31,40H,19H2,1-4H3. The Morgan fingerprint density at radius 1 is 0.560 bits per heavy atom. The zero-order valence-corrected chi connectivity index (χ0v) is 27.8. The molecule has 9 nitrogen and oxygen atoms in total. The molecule has 2 aliphatic rings. The molecule has 0 bridgehead atoms. The molecule has 0 N–H and O–H groups in total. The largest absolute Gasteiger partial charge is 0.472 e. The zero-order valence-electron chi connectivity index (χ0n) is 27.8. The highest BCUT2D eigenvalue weighted by atomic mass is 16.5. The van der Waals surface area contributed by atoms with Crippen LogP contribution in [0.4, 0.5) is 0 Å². The molecule has 50 heavy (non-hydrogen) atoms. The molecular formula is C41H32O9. The fraction of sp³-hybridized carbons (Fsp3) is 0.171. The molecule has 2 unspecified atom stereocenters. The number of rotatable bonds is 6. The SMILES string of the molecule is CC(=O)Oc1ccc(C2=Cc3ccc(OC(C)=O)cc3CC2C#CC2Oc3cc(OC(C)=O)ccc3C=C2c2ccc(OC(C)=O)cc2)cc1. The van der Waals surface area contributed by atoms with Crippen molar-refractivity contribution in [1.82, 2.24) is 0 Å². The fourth-order valence-electron chi connectivity index (χ4n) is 5.82. The van der Waals surface area contributed by atoms with Crippen LogP contribution in [-0.4, -0.2) is 30.0 Å². The van der Waals surface area contributed by atoms with E-state index in [2.05, 4.69) is 17.9 Å². The monoisotopic (exact) mass is 668 g/mol. The summed E-state index contributed by atoms with van der Waals surface area (Å²) in [6.45, 7) is 5.39. The minimum atomic E-state index is -0.726. The lowest BCUT2D eigenvalue weighted by molar-refractivity contribution is -0.132. The first-order valence-electron chi connectivity index (χ1n) is 15.8. The van der Waals surface area contributed by atoms with E-state index >= 15 is 0 Å². The van der Waals surface area contributed by atoms with Crippen LogP contribution in [-0.2, 0) is 25.6 Å². The Hall–Kier alpha value is -6.40. The fourth-order valence-corrected chi connectivity index (χ4v) is 5.82. The van der Waals surface area contributed by atoms with Crippen molar-refractivity contribution in [3.8, 4) is 40.6 Å². The minimum Gasteiger partial charge on any atom is -0.472 e. The summed E-state index contributed by atoms with van der Waals surface area (Å²) in [5, 5.41) is 0. The Morgan fingerprint density at radius 3 is 1.58 bits per heavy atom. The van der Waals surface area contributed by atoms with Gasteiger partial charge in [-0.05, 0) is 94.9 Å². The quantitative estimate of drug-likeness (QED) is 0.121. The first kappa shape index (κ1) is 33.5. The van der Waals surface area contributed by atoms with Gasteiger partial charge in [0.1, 0.15) is 28.7 Å². The van der Waals surface area contributed by atoms with Gasteiger partial charge in [0.2, 0.25) is 0 Å². The third-order valence-corrected chi connectivity index (χ3v) is 7.86. The van der Waals surface area contributed by atoms with Crippen molar-refractivity contribution in [2.75, 3.05) is 0 Å². The third kappa shape index (κ3) is 8.00. The van der Waals surface area contributed by atoms with Gasteiger partial charge >= 0.3 is 23.9 Å². The second kappa shape index (κ2) is 14.4. The van der Waals surface area contributed by atoms with Crippen LogP contribution in [0.15, 0.2) is 84.9 Å². The third-order valence-electron chi connectivity index (χ3n) is 7.86. The average molecular weight is 669 g/mol. The highest BCUT2D eigenvalue weighted by molar-refractivity contribution is 5.91. The molecule has 1 aliphatic heterocycles. The molecule has 250 valence electrons. The Balaban J connectivity index is 1.40. The van der Waals surface area contributed by atoms with Crippen molar-refractivity contribution in [3.05, 3.63) is 113 Å². The van der Waals surface area contributed by atoms with Crippen molar-refractivity contribution in [3.63, 3.8) is 0 Å². The van der Waals surface area contributed by atoms with E-state index in [0.717, 1.165) is 39.0 Å². The topological polar surface area (TPSA) is 114 Å². The molecular weight excluding hydrogens is 636 g/mol. The second-order valence-corrected chi connectivity index (χ2v) is 11.7. The number of benzene rings is 4. The van der Waals surface area contributed by atoms with Crippen LogP contribution >= 0.6 is 0 Å². The molecule has 0 saturated heterocycles. The number of hydrogen-bond acceptors (Lipinski definition) is 9. The van der Waals surface area contributed by atoms with Gasteiger partial charge in [0, 0.05) is 44.9 Å². The molecule has 9 heteroatoms. The van der Waals surface area contributed by atoms with E-state index in [1.54, 1.807) is 42.5 Å². The van der Waals surface area contributed by atoms with Crippen molar-refractivity contribution in [1.29, 1.82) is 0 Å². The molecule has 0 fully saturated rings. The van der Waals surface area contributed by atoms with Crippen molar-refractivity contribution in [2.24, 2.45) is 5.92 Å². The first-order valence-corrected chi connectivity index (χ1v) is 15.8. The summed E-state index contributed by atoms with van der Waals surface area (Å²) in [5.74, 6) is 7.00. The predicted octanol–water partition coefficient (Wildman–Crippen LogP) is 7.11. The predicted molar refractivity (Wildman–Crippen MR) is 186 cm³/mol. The summed E-state index contributed by atoms with van der Waals surface area (Å²) < 4.78 is 27.6. The molecule has 0 saturated carbocycles. The zero-order chi connectivity index (χ0) is 35.4. The minimum absolute atomic E-state index is 0.306. The van der Waals surface area contributed by atoms with Crippen LogP contribution in [0.3, 0.4) is 0 Å². The summed E-state index contributed by atoms with van der Waals surface area (Å²) in [7, 11) is 0. The van der Waals surface area contributed by atoms with Crippen LogP contribution in [0.25, 0.3) is 23.3 Å². The number of carbonyl (C=O) groups excluding carboxylic acids is 4. The lowest BCUT2D eigenvalue weighted by Gasteiger charge is -2.26. The average Bonchev–Trinajstić information content (AvgIpc) is 3.06. The summed E-state index contributed by atoms with van der Waals surface area (Å²) >= 11 is 0. The number of allylic oxidation sites excluding steroid dienone is 1. The van der Waals surface area contributed by atoms with E-state index in [1.807, 2.05) is 48.5 Å². The Labute approximate surface area is 289 Å². The molecule has 1 heterocycles. The maximum Gasteiger partial charge on any atom is 0.308 e. The number of fused-ring (bicyclic) bond motifs is 2. The van der Waals surface area contributed by atoms with Crippen LogP contribution in [0.1, 0.15) is 55.5 Å². The van der Waals surface area contributed by atoms with Gasteiger partial charge in [-0.25, -0.2) is 0 Å². The van der Waals surface area contributed by atoms with Crippen LogP contribution in [0, 0.1) is 17.8 Å². The molecule has 4 aromatic rings. The number of carbonyl (C=O) groups is 4. The molecule has 4 aromatic carbocycles. The Kier molecular flexibility index (Phi) is 9.63. The van der Waals surface area contributed by atoms with Crippen molar-refractivity contribution in [2.45, 2.75) is 40.2 Å². The van der Waals surface area contributed by atoms with E-state index in [0.29, 0.717) is 35.2 Å². The molecule has 6 rings (SSSR count). The van der Waals surface area contributed by atoms with Gasteiger partial charge in [0.25, 0.3) is 0 Å². The van der Waals surface area contributed by atoms with Gasteiger partial charge in [0.15, 0.2) is 6.10 Å². The van der Waals surface area contributed by atoms with E-state index < -0.39 is 30.0 Å². The molecule has 0 spiro atoms. The summed E-state index contributed by atoms with van der Waals surface area (Å²) in [6.07, 6.45) is 3.83. The second-order valence-electron chi connectivity index (χ2n) is 11.7. The molecule has 2 atom stereocenters. The maximum absolute atomic E-state index is 11.7. The van der Waals surface area contributed by atoms with E-state index in [1.165, 1.54) is 27.7 Å². The smallest absolute Gasteiger partial charge is 0.308 e. The number of hydrogen-bond donors (Lipinski definition) is 0. The Morgan fingerprint density at radius 2 is 1.02 bits per heavy atom. The molecule has 0 aromatic heterocycles. The van der Waals surface area contributed by atoms with Crippen molar-refractivity contribution >= 4 is 47.2 Å². The van der Waals surface area contributed by atoms with Gasteiger partial charge < -0.3 is 23.7 Å². The van der Waals surface area contributed by atoms with Gasteiger partial charge in [-0.3, -0.25) is 19.2 Å². The van der Waals surface area contributed by atoms with Crippen molar-refractivity contribution < 1.29 is 42.9 Å². The normalized spacial score (nSPS) is 15.7. The van der Waals surface area contributed by atoms with Gasteiger partial charge in [-0.15, -0.1) is 0 Å². The van der Waals surface area contributed by atoms with E-state index in [-0.39, 0.29) is 5.92 Å². The number of ether oxygens (including phenoxy) is 5. The number of esters is 4. The van der Waals surface area contributed by atoms with Gasteiger partial charge in [-0.1, -0.05) is 42.2 Å². The van der Waals surface area contributed by atoms with E-state index in [9.17, 15) is 19.2 Å². The molecule has 1 aliphatic carbocycles. The van der Waals surface area contributed by atoms with Crippen LogP contribution < -0.4 is 23.7 Å². The lowest BCUT2D eigenvalue weighted by Crippen LogP contribution is -2.21. The lowest BCUT2D eigenvalue weighted by atomic mass is 9.80. The highest BCUT2D eigenvalue weighted by Crippen LogP contribution is 2.39. The highest BCUT2D eigenvalue weighted by Gasteiger charge is 2.26. The van der Waals surface area contributed by atoms with Gasteiger partial charge in [-0.2, -0.15) is 0 Å². The summed E-state index contributed by atoms with van der Waals surface area (Å²) in [4.78, 5) is 46.3. The summed E-state index contributed by atoms with van der Waals surface area (Å²) in [6, 6.07) is 25.0. The first-order chi connectivity index (χ1) is 24.0. The van der Waals surface area contributed by atoms with Gasteiger partial charge in [0.05, 0.1) is 5.92 Å². The maximum atomic E-state index is 11.7. The van der Waals surface area contributed by atoms with E-state index in [4.69, 9.17) is 23.7 Å². The Bertz CT molecular complexity index is 1980.